The zero-order valence-corrected chi connectivity index (χ0v) is 17.6. The topological polar surface area (TPSA) is 69.5 Å². The molecule has 1 aliphatic carbocycles. The first kappa shape index (κ1) is 20.8. The molecule has 7 heteroatoms. The van der Waals surface area contributed by atoms with E-state index in [0.717, 1.165) is 25.7 Å². The van der Waals surface area contributed by atoms with Gasteiger partial charge in [0.1, 0.15) is 5.71 Å². The van der Waals surface area contributed by atoms with Gasteiger partial charge in [0.25, 0.3) is 5.91 Å². The Morgan fingerprint density at radius 1 is 1.36 bits per heavy atom. The van der Waals surface area contributed by atoms with Crippen LogP contribution in [0, 0.1) is 5.92 Å². The highest BCUT2D eigenvalue weighted by Crippen LogP contribution is 2.28. The van der Waals surface area contributed by atoms with E-state index in [-0.39, 0.29) is 24.4 Å². The summed E-state index contributed by atoms with van der Waals surface area (Å²) in [5.41, 5.74) is 2.04. The molecule has 4 amide bonds. The van der Waals surface area contributed by atoms with E-state index in [1.54, 1.807) is 6.08 Å². The molecule has 1 N–H and O–H groups in total. The van der Waals surface area contributed by atoms with Gasteiger partial charge < -0.3 is 5.32 Å². The molecule has 2 aliphatic heterocycles. The second kappa shape index (κ2) is 9.54. The van der Waals surface area contributed by atoms with Crippen molar-refractivity contribution in [1.29, 1.82) is 0 Å². The average molecular weight is 405 g/mol. The summed E-state index contributed by atoms with van der Waals surface area (Å²) in [6.45, 7) is 5.07. The Labute approximate surface area is 171 Å². The number of thioether (sulfide) groups is 1. The number of amides is 4. The van der Waals surface area contributed by atoms with Crippen LogP contribution in [0.3, 0.4) is 0 Å². The maximum absolute atomic E-state index is 12.9. The lowest BCUT2D eigenvalue weighted by Gasteiger charge is -2.24. The first-order valence-corrected chi connectivity index (χ1v) is 11.2. The molecule has 0 aromatic heterocycles. The van der Waals surface area contributed by atoms with Crippen molar-refractivity contribution < 1.29 is 19.0 Å². The van der Waals surface area contributed by atoms with E-state index < -0.39 is 5.25 Å². The predicted molar refractivity (Wildman–Crippen MR) is 111 cm³/mol. The summed E-state index contributed by atoms with van der Waals surface area (Å²) in [6.07, 6.45) is 10.4. The van der Waals surface area contributed by atoms with Crippen LogP contribution in [0.2, 0.25) is 0 Å². The fourth-order valence-corrected chi connectivity index (χ4v) is 4.66. The molecule has 0 aromatic carbocycles. The molecule has 0 spiro atoms. The number of rotatable bonds is 8. The minimum atomic E-state index is -0.412. The van der Waals surface area contributed by atoms with Crippen LogP contribution in [0.15, 0.2) is 23.1 Å². The Bertz CT molecular complexity index is 739. The van der Waals surface area contributed by atoms with Crippen molar-refractivity contribution in [2.45, 2.75) is 57.6 Å². The van der Waals surface area contributed by atoms with Gasteiger partial charge in [-0.3, -0.25) is 4.79 Å². The zero-order valence-electron chi connectivity index (χ0n) is 16.8. The maximum Gasteiger partial charge on any atom is 0.501 e. The van der Waals surface area contributed by atoms with Crippen molar-refractivity contribution in [3.05, 3.63) is 23.1 Å². The highest BCUT2D eigenvalue weighted by Gasteiger charge is 2.49. The first-order valence-electron chi connectivity index (χ1n) is 10.2. The van der Waals surface area contributed by atoms with Gasteiger partial charge in [0.15, 0.2) is 11.8 Å². The van der Waals surface area contributed by atoms with Gasteiger partial charge in [0.05, 0.1) is 6.54 Å². The van der Waals surface area contributed by atoms with E-state index in [0.29, 0.717) is 24.7 Å². The van der Waals surface area contributed by atoms with Crippen LogP contribution in [0.25, 0.3) is 0 Å². The number of carbonyl (C=O) groups excluding carboxylic acids is 3. The van der Waals surface area contributed by atoms with Gasteiger partial charge >= 0.3 is 11.9 Å². The van der Waals surface area contributed by atoms with E-state index in [9.17, 15) is 14.4 Å². The Balaban J connectivity index is 1.62. The van der Waals surface area contributed by atoms with Gasteiger partial charge in [-0.05, 0) is 55.9 Å². The average Bonchev–Trinajstić information content (AvgIpc) is 3.16. The molecule has 0 saturated heterocycles. The third-order valence-electron chi connectivity index (χ3n) is 5.37. The lowest BCUT2D eigenvalue weighted by molar-refractivity contribution is -0.426. The molecular formula is C21H30N3O3S+. The monoisotopic (exact) mass is 404 g/mol. The Morgan fingerprint density at radius 3 is 2.89 bits per heavy atom. The summed E-state index contributed by atoms with van der Waals surface area (Å²) in [5, 5.41) is 4.35. The smallest absolute Gasteiger partial charge is 0.352 e. The molecule has 0 bridgehead atoms. The van der Waals surface area contributed by atoms with E-state index in [1.165, 1.54) is 39.7 Å². The molecule has 0 aromatic rings. The second-order valence-corrected chi connectivity index (χ2v) is 9.01. The van der Waals surface area contributed by atoms with Crippen molar-refractivity contribution in [3.63, 3.8) is 0 Å². The Kier molecular flexibility index (Phi) is 7.10. The second-order valence-electron chi connectivity index (χ2n) is 7.99. The first-order chi connectivity index (χ1) is 13.5. The highest BCUT2D eigenvalue weighted by molar-refractivity contribution is 8.04. The van der Waals surface area contributed by atoms with Crippen LogP contribution in [0.1, 0.15) is 52.4 Å². The number of hydrogen-bond donors (Lipinski definition) is 1. The molecule has 0 saturated carbocycles. The summed E-state index contributed by atoms with van der Waals surface area (Å²) >= 11 is 1.40. The predicted octanol–water partition coefficient (Wildman–Crippen LogP) is 3.08. The van der Waals surface area contributed by atoms with Crippen molar-refractivity contribution in [1.82, 2.24) is 10.2 Å². The van der Waals surface area contributed by atoms with Gasteiger partial charge in [-0.1, -0.05) is 25.5 Å². The normalized spacial score (nSPS) is 22.0. The maximum atomic E-state index is 12.9. The van der Waals surface area contributed by atoms with Crippen molar-refractivity contribution in [3.8, 4) is 0 Å². The molecule has 0 radical (unpaired) electrons. The van der Waals surface area contributed by atoms with Crippen LogP contribution >= 0.6 is 11.8 Å². The lowest BCUT2D eigenvalue weighted by atomic mass is 9.97. The van der Waals surface area contributed by atoms with Gasteiger partial charge in [-0.15, -0.1) is 11.8 Å². The summed E-state index contributed by atoms with van der Waals surface area (Å²) in [4.78, 5) is 39.4. The minimum absolute atomic E-state index is 0.0416. The van der Waals surface area contributed by atoms with Crippen molar-refractivity contribution in [2.24, 2.45) is 5.92 Å². The zero-order chi connectivity index (χ0) is 20.1. The van der Waals surface area contributed by atoms with Gasteiger partial charge in [-0.25, -0.2) is 4.79 Å². The standard InChI is InChI=1S/C21H29N3O3S/c1-15(2)9-12-23-20(26)19-17(10-13-28-19)24(21(23)27)14-18(25)22-11-8-16-6-4-3-5-7-16/h6,10,13,15,19H,3-5,7-9,11-12,14H2,1-2H3/p+1. The van der Waals surface area contributed by atoms with Crippen molar-refractivity contribution >= 4 is 35.3 Å². The van der Waals surface area contributed by atoms with Gasteiger partial charge in [0, 0.05) is 6.54 Å². The fraction of sp³-hybridized carbons (Fsp3) is 0.619. The van der Waals surface area contributed by atoms with Crippen LogP contribution in [-0.4, -0.2) is 57.9 Å². The molecule has 6 nitrogen and oxygen atoms in total. The fourth-order valence-electron chi connectivity index (χ4n) is 3.70. The lowest BCUT2D eigenvalue weighted by Crippen LogP contribution is -2.56. The minimum Gasteiger partial charge on any atom is -0.352 e. The quantitative estimate of drug-likeness (QED) is 0.499. The van der Waals surface area contributed by atoms with Gasteiger partial charge in [0.2, 0.25) is 0 Å². The number of fused-ring (bicyclic) bond motifs is 1. The van der Waals surface area contributed by atoms with E-state index >= 15 is 0 Å². The van der Waals surface area contributed by atoms with E-state index in [2.05, 4.69) is 25.2 Å². The summed E-state index contributed by atoms with van der Waals surface area (Å²) in [6, 6.07) is -0.380. The van der Waals surface area contributed by atoms with E-state index in [1.807, 2.05) is 5.41 Å². The van der Waals surface area contributed by atoms with Crippen LogP contribution in [0.4, 0.5) is 4.79 Å². The number of hydrogen-bond acceptors (Lipinski definition) is 4. The molecule has 3 rings (SSSR count). The molecule has 1 atom stereocenters. The molecule has 2 heterocycles. The van der Waals surface area contributed by atoms with Crippen molar-refractivity contribution in [2.75, 3.05) is 19.6 Å². The number of imide groups is 1. The van der Waals surface area contributed by atoms with Crippen LogP contribution in [-0.2, 0) is 9.59 Å². The molecule has 152 valence electrons. The van der Waals surface area contributed by atoms with E-state index in [4.69, 9.17) is 0 Å². The molecular weight excluding hydrogens is 374 g/mol. The molecule has 1 unspecified atom stereocenters. The van der Waals surface area contributed by atoms with Crippen LogP contribution < -0.4 is 5.32 Å². The number of nitrogens with zero attached hydrogens (tertiary/aromatic N) is 2. The number of urea groups is 1. The summed E-state index contributed by atoms with van der Waals surface area (Å²) in [7, 11) is 0. The number of allylic oxidation sites excluding steroid dienone is 2. The van der Waals surface area contributed by atoms with Gasteiger partial charge in [-0.2, -0.15) is 14.3 Å². The Morgan fingerprint density at radius 2 is 2.18 bits per heavy atom. The SMILES string of the molecule is CC(C)CCN1C(=O)C2SC=CC2=[N+](CC(=O)NCCC2=CCCCC2)C1=O. The number of nitrogens with one attached hydrogen (secondary N) is 1. The molecule has 3 aliphatic rings. The Hall–Kier alpha value is -1.89. The molecule has 28 heavy (non-hydrogen) atoms. The summed E-state index contributed by atoms with van der Waals surface area (Å²) < 4.78 is 1.47. The third-order valence-corrected chi connectivity index (χ3v) is 6.38. The molecule has 0 fully saturated rings. The highest BCUT2D eigenvalue weighted by atomic mass is 32.2. The summed E-state index contributed by atoms with van der Waals surface area (Å²) in [5.74, 6) is 0.0437. The number of carbonyl (C=O) groups is 3. The largest absolute Gasteiger partial charge is 0.501 e. The third kappa shape index (κ3) is 4.93. The van der Waals surface area contributed by atoms with Crippen LogP contribution in [0.5, 0.6) is 0 Å².